The van der Waals surface area contributed by atoms with Gasteiger partial charge in [-0.05, 0) is 118 Å². The maximum Gasteiger partial charge on any atom is 0.315 e. The van der Waals surface area contributed by atoms with E-state index in [1.807, 2.05) is 0 Å². The first-order valence-corrected chi connectivity index (χ1v) is 39.9. The molecule has 656 valence electrons. The van der Waals surface area contributed by atoms with Gasteiger partial charge in [0.05, 0.1) is 82.2 Å². The van der Waals surface area contributed by atoms with Crippen LogP contribution >= 0.6 is 0 Å². The molecule has 0 aromatic rings. The van der Waals surface area contributed by atoms with Gasteiger partial charge in [0.25, 0.3) is 0 Å². The molecular formula is C75H122O39. The molecule has 0 aromatic carbocycles. The monoisotopic (exact) mass is 1650 g/mol. The van der Waals surface area contributed by atoms with Crippen LogP contribution < -0.4 is 0 Å². The van der Waals surface area contributed by atoms with Gasteiger partial charge >= 0.3 is 5.97 Å². The largest absolute Gasteiger partial charge is 0.432 e. The average molecular weight is 1650 g/mol. The molecule has 13 aliphatic rings. The number of allylic oxidation sites excluding steroid dienone is 2. The molecule has 39 heteroatoms. The van der Waals surface area contributed by atoms with Crippen LogP contribution in [0.15, 0.2) is 11.6 Å². The smallest absolute Gasteiger partial charge is 0.315 e. The van der Waals surface area contributed by atoms with Crippen molar-refractivity contribution < 1.29 is 193 Å². The van der Waals surface area contributed by atoms with Gasteiger partial charge in [-0.15, -0.1) is 0 Å². The number of carbonyl (C=O) groups excluding carboxylic acids is 1. The summed E-state index contributed by atoms with van der Waals surface area (Å²) < 4.78 is 98.1. The quantitative estimate of drug-likeness (QED) is 0.0272. The second kappa shape index (κ2) is 33.8. The molecule has 0 unspecified atom stereocenters. The predicted octanol–water partition coefficient (Wildman–Crippen LogP) is -7.79. The Bertz CT molecular complexity index is 3290. The Balaban J connectivity index is 0.779. The van der Waals surface area contributed by atoms with Gasteiger partial charge in [0, 0.05) is 5.41 Å². The average Bonchev–Trinajstić information content (AvgIpc) is 0.700. The van der Waals surface area contributed by atoms with Crippen LogP contribution in [0.2, 0.25) is 0 Å². The second-order valence-corrected chi connectivity index (χ2v) is 36.2. The van der Waals surface area contributed by atoms with Gasteiger partial charge in [-0.25, -0.2) is 0 Å². The fourth-order valence-corrected chi connectivity index (χ4v) is 21.8. The molecule has 39 nitrogen and oxygen atoms in total. The molecule has 114 heavy (non-hydrogen) atoms. The second-order valence-electron chi connectivity index (χ2n) is 36.2. The van der Waals surface area contributed by atoms with Crippen molar-refractivity contribution >= 4 is 5.97 Å². The number of carbonyl (C=O) groups is 1. The molecule has 8 aliphatic heterocycles. The lowest BCUT2D eigenvalue weighted by molar-refractivity contribution is -0.386. The topological polar surface area (TPSA) is 610 Å². The molecule has 8 saturated heterocycles. The highest BCUT2D eigenvalue weighted by molar-refractivity contribution is 5.79. The van der Waals surface area contributed by atoms with Gasteiger partial charge in [0.1, 0.15) is 146 Å². The lowest BCUT2D eigenvalue weighted by Crippen LogP contribution is -2.70. The summed E-state index contributed by atoms with van der Waals surface area (Å²) in [7, 11) is 0. The van der Waals surface area contributed by atoms with E-state index in [0.29, 0.717) is 44.9 Å². The van der Waals surface area contributed by atoms with Crippen molar-refractivity contribution in [1.82, 2.24) is 0 Å². The van der Waals surface area contributed by atoms with Crippen LogP contribution in [-0.4, -0.2) is 397 Å². The number of ether oxygens (including phenoxy) is 16. The minimum Gasteiger partial charge on any atom is -0.432 e. The Morgan fingerprint density at radius 1 is 0.430 bits per heavy atom. The maximum absolute atomic E-state index is 16.3. The first-order chi connectivity index (χ1) is 53.6. The van der Waals surface area contributed by atoms with Gasteiger partial charge in [-0.3, -0.25) is 4.79 Å². The van der Waals surface area contributed by atoms with Crippen LogP contribution in [-0.2, 0) is 80.6 Å². The van der Waals surface area contributed by atoms with Gasteiger partial charge in [-0.1, -0.05) is 53.2 Å². The van der Waals surface area contributed by atoms with E-state index in [-0.39, 0.29) is 30.1 Å². The van der Waals surface area contributed by atoms with Crippen molar-refractivity contribution in [2.75, 3.05) is 46.2 Å². The van der Waals surface area contributed by atoms with E-state index < -0.39 is 318 Å². The van der Waals surface area contributed by atoms with E-state index in [0.717, 1.165) is 5.57 Å². The molecule has 0 amide bonds. The molecule has 0 spiro atoms. The molecule has 0 aromatic heterocycles. The summed E-state index contributed by atoms with van der Waals surface area (Å²) in [5.74, 6) is -1.83. The number of aliphatic hydroxyl groups is 22. The van der Waals surface area contributed by atoms with Crippen molar-refractivity contribution in [2.45, 2.75) is 353 Å². The number of aliphatic hydroxyl groups excluding tert-OH is 21. The summed E-state index contributed by atoms with van der Waals surface area (Å²) in [6, 6.07) is 0. The zero-order valence-corrected chi connectivity index (χ0v) is 65.3. The van der Waals surface area contributed by atoms with Crippen LogP contribution in [0.4, 0.5) is 0 Å². The summed E-state index contributed by atoms with van der Waals surface area (Å²) in [5, 5.41) is 244. The van der Waals surface area contributed by atoms with Gasteiger partial charge < -0.3 is 188 Å². The summed E-state index contributed by atoms with van der Waals surface area (Å²) in [6.45, 7) is 11.3. The van der Waals surface area contributed by atoms with E-state index in [1.165, 1.54) is 20.8 Å². The molecule has 0 radical (unpaired) electrons. The van der Waals surface area contributed by atoms with Crippen molar-refractivity contribution in [1.29, 1.82) is 0 Å². The Morgan fingerprint density at radius 2 is 0.895 bits per heavy atom. The zero-order chi connectivity index (χ0) is 83.1. The van der Waals surface area contributed by atoms with Crippen LogP contribution in [0.3, 0.4) is 0 Å². The van der Waals surface area contributed by atoms with Crippen LogP contribution in [0.1, 0.15) is 120 Å². The van der Waals surface area contributed by atoms with Crippen molar-refractivity contribution in [2.24, 2.45) is 50.2 Å². The number of hydrogen-bond acceptors (Lipinski definition) is 39. The fraction of sp³-hybridized carbons (Fsp3) is 0.960. The molecule has 4 saturated carbocycles. The predicted molar refractivity (Wildman–Crippen MR) is 374 cm³/mol. The van der Waals surface area contributed by atoms with E-state index in [2.05, 4.69) is 40.7 Å². The maximum atomic E-state index is 16.3. The molecule has 8 heterocycles. The molecule has 12 fully saturated rings. The van der Waals surface area contributed by atoms with E-state index in [9.17, 15) is 112 Å². The first kappa shape index (κ1) is 89.5. The van der Waals surface area contributed by atoms with Crippen molar-refractivity contribution in [3.63, 3.8) is 0 Å². The van der Waals surface area contributed by atoms with E-state index in [1.54, 1.807) is 6.92 Å². The molecule has 46 atom stereocenters. The highest BCUT2D eigenvalue weighted by Gasteiger charge is 2.73. The minimum absolute atomic E-state index is 0.115. The third-order valence-corrected chi connectivity index (χ3v) is 28.9. The third-order valence-electron chi connectivity index (χ3n) is 28.9. The number of hydrogen-bond donors (Lipinski definition) is 22. The van der Waals surface area contributed by atoms with E-state index >= 15 is 4.79 Å². The number of fused-ring (bicyclic) bond motifs is 7. The Hall–Kier alpha value is -2.27. The Kier molecular flexibility index (Phi) is 26.5. The van der Waals surface area contributed by atoms with E-state index in [4.69, 9.17) is 75.8 Å². The summed E-state index contributed by atoms with van der Waals surface area (Å²) >= 11 is 0. The van der Waals surface area contributed by atoms with Crippen molar-refractivity contribution in [3.8, 4) is 0 Å². The lowest BCUT2D eigenvalue weighted by Gasteiger charge is -2.72. The van der Waals surface area contributed by atoms with Crippen LogP contribution in [0.25, 0.3) is 0 Å². The summed E-state index contributed by atoms with van der Waals surface area (Å²) in [5.41, 5.74) is -6.18. The SMILES string of the molecule is C[C@@H]1O[C@@H](O[C@@H]2[C@@H](O)[C@H](O[C@@H]3[C@@H](O[C@@H]4O[C@H](CO)[C@H](O)[C@H]4O)[C@@H](O)[C@H](O[C@H]4[C@H](OC(=O)[C@]56CCC(C)(C)C[C@H]5C5=CC[C@@H]7[C@@]8(C)C[C@H](O)[C@H](O[C@@H]9O[C@H](CO)[C@@H](O)[C@H](O[C@@H]%10O[C@H](CO)[C@@H](O)[C@H](O)[C@H]%10O)[C@H]9O)[C@@](C)(CO)[C@@H]8CC[C@@]7(C)[C@]5(C)CC6)O[C@H](C)[C@@H](O)[C@@H]4O[C@@H]4OC[C@](O)(CO)[C@H]4O)O[C@H]3C)O[C@@H]2CO)[C@H](O)[C@H](O)[C@H]1O. The fourth-order valence-electron chi connectivity index (χ4n) is 21.8. The van der Waals surface area contributed by atoms with Crippen LogP contribution in [0.5, 0.6) is 0 Å². The normalized spacial score (nSPS) is 55.5. The summed E-state index contributed by atoms with van der Waals surface area (Å²) in [6.07, 6.45) is -57.7. The van der Waals surface area contributed by atoms with Gasteiger partial charge in [-0.2, -0.15) is 0 Å². The summed E-state index contributed by atoms with van der Waals surface area (Å²) in [4.78, 5) is 16.3. The molecule has 22 N–H and O–H groups in total. The molecular weight excluding hydrogens is 1520 g/mol. The standard InChI is InChI=1S/C75H122O39/c1-27-39(83)44(88)47(91)60(100-27)108-53-36(23-79)106-64(49(53)93)107-52-29(3)102-63(51(95)56(52)110-61-46(90)42(86)34(21-77)104-61)112-57-55(111-67-58(96)75(98,25-81)26-99-67)40(84)28(2)101-66(57)114-68(97)74-16-14-69(4,5)18-31(74)30-10-11-38-70(6)19-32(82)59(71(7,24-80)37(70)12-13-73(38,9)72(30,8)15-17-74)113-65-50(94)54(43(87)35(22-78)105-65)109-62-48(92)45(89)41(85)33(20-76)103-62/h10,27-29,31-67,76-96,98H,11-26H2,1-9H3/t27-,28+,29-,31-,32-,33+,34+,35+,36+,37+,38+,39-,40+,41+,42-,43+,44+,45-,46+,47+,48+,49+,50+,51+,52-,53-,54-,55-,56-,57+,58-,59-,60-,61-,62-,63-,64-,65-,66-,67-,70-,71-,72+,73+,74-,75+/m0/s1. The van der Waals surface area contributed by atoms with Crippen molar-refractivity contribution in [3.05, 3.63) is 11.6 Å². The molecule has 13 rings (SSSR count). The van der Waals surface area contributed by atoms with Crippen LogP contribution in [0, 0.1) is 50.2 Å². The Labute approximate surface area is 657 Å². The zero-order valence-electron chi connectivity index (χ0n) is 65.3. The minimum atomic E-state index is -2.28. The highest BCUT2D eigenvalue weighted by Crippen LogP contribution is 2.76. The number of rotatable bonds is 22. The highest BCUT2D eigenvalue weighted by atomic mass is 16.8. The third kappa shape index (κ3) is 15.2. The van der Waals surface area contributed by atoms with Gasteiger partial charge in [0.15, 0.2) is 50.1 Å². The molecule has 5 aliphatic carbocycles. The first-order valence-electron chi connectivity index (χ1n) is 39.9. The molecule has 0 bridgehead atoms. The Morgan fingerprint density at radius 3 is 1.51 bits per heavy atom. The van der Waals surface area contributed by atoms with Gasteiger partial charge in [0.2, 0.25) is 6.29 Å². The lowest BCUT2D eigenvalue weighted by atomic mass is 9.33. The number of esters is 1.